The van der Waals surface area contributed by atoms with Crippen LogP contribution in [0, 0.1) is 17.7 Å². The van der Waals surface area contributed by atoms with Crippen molar-refractivity contribution < 1.29 is 14.3 Å². The van der Waals surface area contributed by atoms with E-state index < -0.39 is 5.97 Å². The van der Waals surface area contributed by atoms with E-state index >= 15 is 0 Å². The lowest BCUT2D eigenvalue weighted by Gasteiger charge is -2.20. The van der Waals surface area contributed by atoms with Crippen molar-refractivity contribution in [2.45, 2.75) is 12.6 Å². The molecule has 1 saturated carbocycles. The average molecular weight is 379 g/mol. The van der Waals surface area contributed by atoms with Gasteiger partial charge < -0.3 is 15.3 Å². The summed E-state index contributed by atoms with van der Waals surface area (Å²) in [5.74, 6) is 0.388. The molecule has 2 aliphatic rings. The Hall–Kier alpha value is -3.13. The van der Waals surface area contributed by atoms with Crippen LogP contribution in [0.15, 0.2) is 42.7 Å². The van der Waals surface area contributed by atoms with Gasteiger partial charge in [-0.1, -0.05) is 6.07 Å². The molecule has 0 amide bonds. The van der Waals surface area contributed by atoms with Crippen LogP contribution in [0.5, 0.6) is 0 Å². The zero-order valence-electron chi connectivity index (χ0n) is 14.9. The summed E-state index contributed by atoms with van der Waals surface area (Å²) < 4.78 is 13.3. The van der Waals surface area contributed by atoms with E-state index in [1.54, 1.807) is 6.07 Å². The number of carbonyl (C=O) groups is 1. The predicted molar refractivity (Wildman–Crippen MR) is 101 cm³/mol. The highest BCUT2D eigenvalue weighted by molar-refractivity contribution is 5.86. The first-order chi connectivity index (χ1) is 13.6. The van der Waals surface area contributed by atoms with E-state index in [4.69, 9.17) is 5.11 Å². The Morgan fingerprint density at radius 3 is 2.64 bits per heavy atom. The van der Waals surface area contributed by atoms with E-state index in [1.807, 2.05) is 12.1 Å². The van der Waals surface area contributed by atoms with Crippen molar-refractivity contribution in [1.29, 1.82) is 0 Å². The summed E-state index contributed by atoms with van der Waals surface area (Å²) in [6.07, 6.45) is 2.70. The minimum atomic E-state index is -1.02. The van der Waals surface area contributed by atoms with E-state index in [0.717, 1.165) is 29.7 Å². The summed E-state index contributed by atoms with van der Waals surface area (Å²) in [4.78, 5) is 25.9. The number of hydrogen-bond acceptors (Lipinski definition) is 6. The van der Waals surface area contributed by atoms with E-state index in [1.165, 1.54) is 24.5 Å². The van der Waals surface area contributed by atoms with Gasteiger partial charge in [0, 0.05) is 43.5 Å². The topological polar surface area (TPSA) is 91.2 Å². The Bertz CT molecular complexity index is 1050. The third-order valence-corrected chi connectivity index (χ3v) is 5.59. The highest BCUT2D eigenvalue weighted by Gasteiger charge is 2.55. The number of pyridine rings is 1. The number of rotatable bonds is 5. The van der Waals surface area contributed by atoms with Gasteiger partial charge in [0.05, 0.1) is 16.8 Å². The van der Waals surface area contributed by atoms with Gasteiger partial charge >= 0.3 is 5.97 Å². The largest absolute Gasteiger partial charge is 0.478 e. The molecular formula is C20H18FN5O2. The first-order valence-electron chi connectivity index (χ1n) is 9.17. The molecule has 0 spiro atoms. The fourth-order valence-electron chi connectivity index (χ4n) is 4.05. The van der Waals surface area contributed by atoms with Crippen molar-refractivity contribution in [1.82, 2.24) is 20.3 Å². The maximum Gasteiger partial charge on any atom is 0.338 e. The van der Waals surface area contributed by atoms with Gasteiger partial charge in [-0.15, -0.1) is 0 Å². The Morgan fingerprint density at radius 1 is 1.18 bits per heavy atom. The number of aromatic carboxylic acids is 1. The standard InChI is InChI=1S/C20H18FN5O2/c21-13-2-4-17-11(5-13)1-3-14(25-17)8-22-18-15-9-26(10-16(15)18)20-23-6-12(7-24-20)19(27)28/h1-7,15-16,18,22H,8-10H2,(H,27,28). The van der Waals surface area contributed by atoms with Gasteiger partial charge in [-0.25, -0.2) is 19.2 Å². The van der Waals surface area contributed by atoms with Crippen molar-refractivity contribution >= 4 is 22.8 Å². The Labute approximate surface area is 160 Å². The van der Waals surface area contributed by atoms with Crippen LogP contribution in [-0.4, -0.2) is 45.2 Å². The molecule has 28 heavy (non-hydrogen) atoms. The minimum Gasteiger partial charge on any atom is -0.478 e. The second-order valence-electron chi connectivity index (χ2n) is 7.36. The predicted octanol–water partition coefficient (Wildman–Crippen LogP) is 2.09. The van der Waals surface area contributed by atoms with Crippen molar-refractivity contribution in [3.05, 3.63) is 59.8 Å². The van der Waals surface area contributed by atoms with Gasteiger partial charge in [0.2, 0.25) is 5.95 Å². The smallest absolute Gasteiger partial charge is 0.338 e. The van der Waals surface area contributed by atoms with Crippen LogP contribution in [0.2, 0.25) is 0 Å². The summed E-state index contributed by atoms with van der Waals surface area (Å²) in [7, 11) is 0. The minimum absolute atomic E-state index is 0.0956. The molecule has 1 saturated heterocycles. The molecular weight excluding hydrogens is 361 g/mol. The third-order valence-electron chi connectivity index (χ3n) is 5.59. The van der Waals surface area contributed by atoms with E-state index in [2.05, 4.69) is 25.2 Å². The molecule has 2 fully saturated rings. The normalized spacial score (nSPS) is 23.0. The zero-order chi connectivity index (χ0) is 19.3. The molecule has 2 unspecified atom stereocenters. The molecule has 2 N–H and O–H groups in total. The molecule has 3 aromatic rings. The molecule has 1 aromatic carbocycles. The van der Waals surface area contributed by atoms with Gasteiger partial charge in [0.25, 0.3) is 0 Å². The molecule has 1 aliphatic heterocycles. The summed E-state index contributed by atoms with van der Waals surface area (Å²) in [6, 6.07) is 8.89. The number of aromatic nitrogens is 3. The molecule has 8 heteroatoms. The van der Waals surface area contributed by atoms with Gasteiger partial charge in [-0.05, 0) is 36.1 Å². The Kier molecular flexibility index (Phi) is 3.94. The summed E-state index contributed by atoms with van der Waals surface area (Å²) in [6.45, 7) is 2.40. The van der Waals surface area contributed by atoms with Crippen LogP contribution >= 0.6 is 0 Å². The maximum absolute atomic E-state index is 13.3. The molecule has 1 aliphatic carbocycles. The number of halogens is 1. The summed E-state index contributed by atoms with van der Waals surface area (Å²) in [5.41, 5.74) is 1.83. The second kappa shape index (κ2) is 6.49. The highest BCUT2D eigenvalue weighted by atomic mass is 19.1. The first kappa shape index (κ1) is 17.0. The molecule has 7 nitrogen and oxygen atoms in total. The SMILES string of the molecule is O=C(O)c1cnc(N2CC3C(C2)C3NCc2ccc3cc(F)ccc3n2)nc1. The van der Waals surface area contributed by atoms with Crippen LogP contribution in [-0.2, 0) is 6.54 Å². The van der Waals surface area contributed by atoms with Crippen LogP contribution < -0.4 is 10.2 Å². The van der Waals surface area contributed by atoms with Crippen LogP contribution in [0.25, 0.3) is 10.9 Å². The summed E-state index contributed by atoms with van der Waals surface area (Å²) in [5, 5.41) is 13.3. The quantitative estimate of drug-likeness (QED) is 0.701. The molecule has 2 aromatic heterocycles. The molecule has 3 heterocycles. The van der Waals surface area contributed by atoms with Gasteiger partial charge in [-0.3, -0.25) is 4.98 Å². The number of fused-ring (bicyclic) bond motifs is 2. The zero-order valence-corrected chi connectivity index (χ0v) is 14.9. The van der Waals surface area contributed by atoms with E-state index in [-0.39, 0.29) is 11.4 Å². The maximum atomic E-state index is 13.3. The van der Waals surface area contributed by atoms with Crippen molar-refractivity contribution in [3.8, 4) is 0 Å². The van der Waals surface area contributed by atoms with Gasteiger partial charge in [-0.2, -0.15) is 0 Å². The number of benzene rings is 1. The van der Waals surface area contributed by atoms with Crippen molar-refractivity contribution in [2.75, 3.05) is 18.0 Å². The second-order valence-corrected chi connectivity index (χ2v) is 7.36. The lowest BCUT2D eigenvalue weighted by molar-refractivity contribution is 0.0696. The number of piperidine rings is 1. The van der Waals surface area contributed by atoms with Gasteiger partial charge in [0.1, 0.15) is 5.82 Å². The number of nitrogens with zero attached hydrogens (tertiary/aromatic N) is 4. The molecule has 0 radical (unpaired) electrons. The molecule has 2 atom stereocenters. The van der Waals surface area contributed by atoms with Crippen LogP contribution in [0.1, 0.15) is 16.1 Å². The number of anilines is 1. The number of carboxylic acids is 1. The van der Waals surface area contributed by atoms with Crippen molar-refractivity contribution in [3.63, 3.8) is 0 Å². The first-order valence-corrected chi connectivity index (χ1v) is 9.17. The molecule has 142 valence electrons. The van der Waals surface area contributed by atoms with E-state index in [9.17, 15) is 9.18 Å². The van der Waals surface area contributed by atoms with Gasteiger partial charge in [0.15, 0.2) is 0 Å². The average Bonchev–Trinajstić information content (AvgIpc) is 3.15. The fraction of sp³-hybridized carbons (Fsp3) is 0.300. The molecule has 5 rings (SSSR count). The Morgan fingerprint density at radius 2 is 1.93 bits per heavy atom. The number of nitrogens with one attached hydrogen (secondary N) is 1. The number of carboxylic acid groups (broad SMARTS) is 1. The Balaban J connectivity index is 1.17. The lowest BCUT2D eigenvalue weighted by Crippen LogP contribution is -2.32. The monoisotopic (exact) mass is 379 g/mol. The fourth-order valence-corrected chi connectivity index (χ4v) is 4.05. The van der Waals surface area contributed by atoms with Crippen LogP contribution in [0.4, 0.5) is 10.3 Å². The highest BCUT2D eigenvalue weighted by Crippen LogP contribution is 2.46. The van der Waals surface area contributed by atoms with Crippen molar-refractivity contribution in [2.24, 2.45) is 11.8 Å². The lowest BCUT2D eigenvalue weighted by atomic mass is 10.2. The summed E-state index contributed by atoms with van der Waals surface area (Å²) >= 11 is 0. The molecule has 0 bridgehead atoms. The third kappa shape index (κ3) is 3.05. The van der Waals surface area contributed by atoms with E-state index in [0.29, 0.717) is 30.4 Å². The van der Waals surface area contributed by atoms with Crippen LogP contribution in [0.3, 0.4) is 0 Å². The number of hydrogen-bond donors (Lipinski definition) is 2.